The van der Waals surface area contributed by atoms with Crippen molar-refractivity contribution in [2.24, 2.45) is 0 Å². The van der Waals surface area contributed by atoms with Gasteiger partial charge in [-0.1, -0.05) is 30.3 Å². The van der Waals surface area contributed by atoms with Gasteiger partial charge in [-0.25, -0.2) is 4.79 Å². The van der Waals surface area contributed by atoms with Crippen LogP contribution in [0.25, 0.3) is 10.9 Å². The second-order valence-electron chi connectivity index (χ2n) is 6.49. The highest BCUT2D eigenvalue weighted by Gasteiger charge is 2.19. The quantitative estimate of drug-likeness (QED) is 0.655. The molecular formula is C22H18N4O3. The van der Waals surface area contributed by atoms with Gasteiger partial charge in [-0.3, -0.25) is 4.79 Å². The number of hydrogen-bond donors (Lipinski definition) is 1. The molecule has 0 bridgehead atoms. The lowest BCUT2D eigenvalue weighted by molar-refractivity contribution is -0.148. The summed E-state index contributed by atoms with van der Waals surface area (Å²) in [5.74, 6) is -0.966. The van der Waals surface area contributed by atoms with E-state index in [2.05, 4.69) is 11.4 Å². The van der Waals surface area contributed by atoms with Gasteiger partial charge >= 0.3 is 5.97 Å². The van der Waals surface area contributed by atoms with Crippen LogP contribution in [-0.2, 0) is 27.5 Å². The molecule has 1 heterocycles. The van der Waals surface area contributed by atoms with Crippen LogP contribution >= 0.6 is 0 Å². The zero-order valence-corrected chi connectivity index (χ0v) is 15.8. The number of nitrogens with zero attached hydrogens (tertiary/aromatic N) is 3. The maximum Gasteiger partial charge on any atom is 0.328 e. The Morgan fingerprint density at radius 2 is 1.83 bits per heavy atom. The summed E-state index contributed by atoms with van der Waals surface area (Å²) in [4.78, 5) is 24.6. The molecule has 7 nitrogen and oxygen atoms in total. The van der Waals surface area contributed by atoms with Gasteiger partial charge in [0.05, 0.1) is 11.6 Å². The van der Waals surface area contributed by atoms with Crippen LogP contribution in [0, 0.1) is 22.7 Å². The van der Waals surface area contributed by atoms with Crippen LogP contribution in [0.1, 0.15) is 23.7 Å². The number of nitrogens with one attached hydrogen (secondary N) is 1. The maximum absolute atomic E-state index is 12.4. The zero-order valence-electron chi connectivity index (χ0n) is 15.8. The Bertz CT molecular complexity index is 1130. The smallest absolute Gasteiger partial charge is 0.328 e. The van der Waals surface area contributed by atoms with Gasteiger partial charge in [0, 0.05) is 10.9 Å². The maximum atomic E-state index is 12.4. The number of benzene rings is 2. The van der Waals surface area contributed by atoms with Crippen LogP contribution in [0.2, 0.25) is 0 Å². The highest BCUT2D eigenvalue weighted by molar-refractivity contribution is 5.87. The predicted molar refractivity (Wildman–Crippen MR) is 105 cm³/mol. The molecule has 144 valence electrons. The fourth-order valence-corrected chi connectivity index (χ4v) is 2.92. The number of nitriles is 2. The number of aromatic nitrogens is 1. The van der Waals surface area contributed by atoms with E-state index in [9.17, 15) is 14.9 Å². The summed E-state index contributed by atoms with van der Waals surface area (Å²) in [6.07, 6.45) is 0. The molecule has 0 radical (unpaired) electrons. The Morgan fingerprint density at radius 3 is 2.52 bits per heavy atom. The van der Waals surface area contributed by atoms with Crippen LogP contribution in [0.3, 0.4) is 0 Å². The normalized spacial score (nSPS) is 11.3. The summed E-state index contributed by atoms with van der Waals surface area (Å²) in [5, 5.41) is 21.6. The first kappa shape index (κ1) is 19.7. The molecule has 0 aliphatic rings. The van der Waals surface area contributed by atoms with E-state index in [-0.39, 0.29) is 13.2 Å². The first-order valence-electron chi connectivity index (χ1n) is 8.95. The number of rotatable bonds is 6. The molecular weight excluding hydrogens is 368 g/mol. The molecule has 1 unspecified atom stereocenters. The molecule has 3 aromatic rings. The van der Waals surface area contributed by atoms with Crippen molar-refractivity contribution in [3.05, 3.63) is 71.4 Å². The van der Waals surface area contributed by atoms with Crippen molar-refractivity contribution in [1.29, 1.82) is 10.5 Å². The molecule has 1 atom stereocenters. The Labute approximate surface area is 167 Å². The van der Waals surface area contributed by atoms with E-state index >= 15 is 0 Å². The van der Waals surface area contributed by atoms with Crippen LogP contribution in [0.5, 0.6) is 0 Å². The van der Waals surface area contributed by atoms with Crippen molar-refractivity contribution >= 4 is 22.8 Å². The van der Waals surface area contributed by atoms with Gasteiger partial charge in [0.2, 0.25) is 5.91 Å². The van der Waals surface area contributed by atoms with Crippen molar-refractivity contribution in [3.8, 4) is 12.1 Å². The van der Waals surface area contributed by atoms with Gasteiger partial charge in [-0.15, -0.1) is 0 Å². The van der Waals surface area contributed by atoms with E-state index in [0.29, 0.717) is 11.3 Å². The minimum Gasteiger partial charge on any atom is -0.459 e. The van der Waals surface area contributed by atoms with Gasteiger partial charge in [0.1, 0.15) is 31.0 Å². The molecule has 3 rings (SSSR count). The molecule has 0 saturated heterocycles. The van der Waals surface area contributed by atoms with E-state index in [1.54, 1.807) is 34.9 Å². The van der Waals surface area contributed by atoms with Crippen molar-refractivity contribution in [2.45, 2.75) is 26.1 Å². The van der Waals surface area contributed by atoms with E-state index in [0.717, 1.165) is 16.5 Å². The first-order valence-corrected chi connectivity index (χ1v) is 8.95. The lowest BCUT2D eigenvalue weighted by atomic mass is 10.2. The van der Waals surface area contributed by atoms with Crippen molar-refractivity contribution in [3.63, 3.8) is 0 Å². The van der Waals surface area contributed by atoms with Crippen LogP contribution in [0.4, 0.5) is 0 Å². The summed E-state index contributed by atoms with van der Waals surface area (Å²) in [6, 6.07) is 19.1. The monoisotopic (exact) mass is 386 g/mol. The van der Waals surface area contributed by atoms with Crippen molar-refractivity contribution in [1.82, 2.24) is 9.88 Å². The van der Waals surface area contributed by atoms with Crippen LogP contribution < -0.4 is 5.32 Å². The highest BCUT2D eigenvalue weighted by Crippen LogP contribution is 2.19. The molecule has 2 aromatic carbocycles. The summed E-state index contributed by atoms with van der Waals surface area (Å²) < 4.78 is 6.83. The van der Waals surface area contributed by atoms with E-state index in [4.69, 9.17) is 10.00 Å². The lowest BCUT2D eigenvalue weighted by Gasteiger charge is -2.14. The minimum atomic E-state index is -0.840. The van der Waals surface area contributed by atoms with Gasteiger partial charge in [-0.2, -0.15) is 10.5 Å². The SMILES string of the molecule is CC(NC(=O)Cn1c(C#N)cc2ccccc21)C(=O)OCc1ccc(C#N)cc1. The summed E-state index contributed by atoms with van der Waals surface area (Å²) in [6.45, 7) is 1.51. The van der Waals surface area contributed by atoms with Gasteiger partial charge in [0.15, 0.2) is 0 Å². The van der Waals surface area contributed by atoms with E-state index < -0.39 is 17.9 Å². The number of para-hydroxylation sites is 1. The molecule has 7 heteroatoms. The topological polar surface area (TPSA) is 108 Å². The molecule has 0 saturated carbocycles. The van der Waals surface area contributed by atoms with Crippen LogP contribution in [0.15, 0.2) is 54.6 Å². The predicted octanol–water partition coefficient (Wildman–Crippen LogP) is 2.63. The Morgan fingerprint density at radius 1 is 1.10 bits per heavy atom. The van der Waals surface area contributed by atoms with Crippen LogP contribution in [-0.4, -0.2) is 22.5 Å². The van der Waals surface area contributed by atoms with Gasteiger partial charge in [0.25, 0.3) is 0 Å². The zero-order chi connectivity index (χ0) is 20.8. The van der Waals surface area contributed by atoms with Crippen molar-refractivity contribution in [2.75, 3.05) is 0 Å². The number of hydrogen-bond acceptors (Lipinski definition) is 5. The number of carbonyl (C=O) groups is 2. The van der Waals surface area contributed by atoms with E-state index in [1.165, 1.54) is 6.92 Å². The molecule has 29 heavy (non-hydrogen) atoms. The number of esters is 1. The molecule has 1 amide bonds. The average Bonchev–Trinajstić information content (AvgIpc) is 3.09. The summed E-state index contributed by atoms with van der Waals surface area (Å²) >= 11 is 0. The Kier molecular flexibility index (Phi) is 5.91. The van der Waals surface area contributed by atoms with E-state index in [1.807, 2.05) is 30.3 Å². The molecule has 1 N–H and O–H groups in total. The standard InChI is InChI=1S/C22H18N4O3/c1-15(22(28)29-14-17-8-6-16(11-23)7-9-17)25-21(27)13-26-19(12-24)10-18-4-2-3-5-20(18)26/h2-10,15H,13-14H2,1H3,(H,25,27). The minimum absolute atomic E-state index is 0.0472. The Balaban J connectivity index is 1.58. The second kappa shape index (κ2) is 8.73. The molecule has 1 aromatic heterocycles. The molecule has 0 aliphatic heterocycles. The molecule has 0 spiro atoms. The third-order valence-electron chi connectivity index (χ3n) is 4.42. The summed E-state index contributed by atoms with van der Waals surface area (Å²) in [7, 11) is 0. The van der Waals surface area contributed by atoms with Gasteiger partial charge in [-0.05, 0) is 36.8 Å². The fourth-order valence-electron chi connectivity index (χ4n) is 2.92. The van der Waals surface area contributed by atoms with Crippen molar-refractivity contribution < 1.29 is 14.3 Å². The third-order valence-corrected chi connectivity index (χ3v) is 4.42. The average molecular weight is 386 g/mol. The Hall–Kier alpha value is -4.10. The number of ether oxygens (including phenoxy) is 1. The second-order valence-corrected chi connectivity index (χ2v) is 6.49. The lowest BCUT2D eigenvalue weighted by Crippen LogP contribution is -2.41. The molecule has 0 aliphatic carbocycles. The number of amides is 1. The number of fused-ring (bicyclic) bond motifs is 1. The summed E-state index contributed by atoms with van der Waals surface area (Å²) in [5.41, 5.74) is 2.41. The largest absolute Gasteiger partial charge is 0.459 e. The highest BCUT2D eigenvalue weighted by atomic mass is 16.5. The van der Waals surface area contributed by atoms with Gasteiger partial charge < -0.3 is 14.6 Å². The number of carbonyl (C=O) groups excluding carboxylic acids is 2. The third kappa shape index (κ3) is 4.60. The first-order chi connectivity index (χ1) is 14.0. The fraction of sp³-hybridized carbons (Fsp3) is 0.182. The molecule has 0 fully saturated rings.